The summed E-state index contributed by atoms with van der Waals surface area (Å²) >= 11 is 0. The van der Waals surface area contributed by atoms with Crippen LogP contribution in [-0.2, 0) is 4.74 Å². The van der Waals surface area contributed by atoms with Crippen molar-refractivity contribution in [3.05, 3.63) is 23.8 Å². The summed E-state index contributed by atoms with van der Waals surface area (Å²) < 4.78 is 10.9. The van der Waals surface area contributed by atoms with Crippen LogP contribution in [0.2, 0.25) is 0 Å². The maximum atomic E-state index is 5.72. The molecule has 0 saturated heterocycles. The van der Waals surface area contributed by atoms with E-state index >= 15 is 0 Å². The second-order valence-corrected chi connectivity index (χ2v) is 3.83. The summed E-state index contributed by atoms with van der Waals surface area (Å²) in [7, 11) is 0. The monoisotopic (exact) mass is 223 g/mol. The fourth-order valence-electron chi connectivity index (χ4n) is 1.30. The largest absolute Gasteiger partial charge is 0.491 e. The summed E-state index contributed by atoms with van der Waals surface area (Å²) in [6.07, 6.45) is 2.28. The lowest BCUT2D eigenvalue weighted by Gasteiger charge is -2.08. The van der Waals surface area contributed by atoms with E-state index in [9.17, 15) is 0 Å². The Kier molecular flexibility index (Phi) is 5.72. The van der Waals surface area contributed by atoms with Crippen molar-refractivity contribution >= 4 is 5.69 Å². The number of aryl methyl sites for hydroxylation is 1. The van der Waals surface area contributed by atoms with Crippen molar-refractivity contribution in [1.82, 2.24) is 0 Å². The van der Waals surface area contributed by atoms with Gasteiger partial charge in [0.1, 0.15) is 12.4 Å². The van der Waals surface area contributed by atoms with E-state index in [2.05, 4.69) is 6.92 Å². The minimum Gasteiger partial charge on any atom is -0.491 e. The Balaban J connectivity index is 2.19. The third-order valence-corrected chi connectivity index (χ3v) is 2.38. The predicted octanol–water partition coefficient (Wildman–Crippen LogP) is 2.77. The van der Waals surface area contributed by atoms with Crippen molar-refractivity contribution < 1.29 is 9.47 Å². The lowest BCUT2D eigenvalue weighted by Crippen LogP contribution is -2.07. The number of hydrogen-bond acceptors (Lipinski definition) is 3. The average Bonchev–Trinajstić information content (AvgIpc) is 2.28. The van der Waals surface area contributed by atoms with Crippen molar-refractivity contribution in [2.45, 2.75) is 26.7 Å². The van der Waals surface area contributed by atoms with Gasteiger partial charge in [-0.3, -0.25) is 0 Å². The summed E-state index contributed by atoms with van der Waals surface area (Å²) in [4.78, 5) is 0. The molecule has 0 aliphatic rings. The van der Waals surface area contributed by atoms with Crippen molar-refractivity contribution in [2.24, 2.45) is 0 Å². The minimum atomic E-state index is 0.590. The van der Waals surface area contributed by atoms with E-state index in [0.717, 1.165) is 36.4 Å². The lowest BCUT2D eigenvalue weighted by molar-refractivity contribution is 0.0980. The Bertz CT molecular complexity index is 313. The van der Waals surface area contributed by atoms with Gasteiger partial charge in [-0.2, -0.15) is 0 Å². The van der Waals surface area contributed by atoms with Gasteiger partial charge in [-0.05, 0) is 37.1 Å². The van der Waals surface area contributed by atoms with Crippen LogP contribution in [0.25, 0.3) is 0 Å². The van der Waals surface area contributed by atoms with Crippen molar-refractivity contribution in [3.63, 3.8) is 0 Å². The number of ether oxygens (including phenoxy) is 2. The van der Waals surface area contributed by atoms with Crippen LogP contribution in [0.3, 0.4) is 0 Å². The third-order valence-electron chi connectivity index (χ3n) is 2.38. The van der Waals surface area contributed by atoms with Gasteiger partial charge >= 0.3 is 0 Å². The SMILES string of the molecule is CCCCOCCOc1ccc(N)c(C)c1. The van der Waals surface area contributed by atoms with Crippen LogP contribution < -0.4 is 10.5 Å². The maximum Gasteiger partial charge on any atom is 0.119 e. The summed E-state index contributed by atoms with van der Waals surface area (Å²) in [5.41, 5.74) is 7.56. The number of rotatable bonds is 7. The zero-order valence-electron chi connectivity index (χ0n) is 10.2. The molecule has 0 aliphatic carbocycles. The number of nitrogen functional groups attached to an aromatic ring is 1. The first-order chi connectivity index (χ1) is 7.74. The average molecular weight is 223 g/mol. The molecule has 0 aromatic heterocycles. The van der Waals surface area contributed by atoms with E-state index in [0.29, 0.717) is 13.2 Å². The first kappa shape index (κ1) is 12.8. The molecule has 3 heteroatoms. The van der Waals surface area contributed by atoms with Crippen LogP contribution >= 0.6 is 0 Å². The van der Waals surface area contributed by atoms with Crippen LogP contribution in [0.1, 0.15) is 25.3 Å². The van der Waals surface area contributed by atoms with E-state index in [1.54, 1.807) is 0 Å². The fraction of sp³-hybridized carbons (Fsp3) is 0.538. The molecule has 0 saturated carbocycles. The zero-order chi connectivity index (χ0) is 11.8. The van der Waals surface area contributed by atoms with E-state index in [4.69, 9.17) is 15.2 Å². The molecular formula is C13H21NO2. The van der Waals surface area contributed by atoms with Gasteiger partial charge in [0, 0.05) is 12.3 Å². The number of nitrogens with two attached hydrogens (primary N) is 1. The van der Waals surface area contributed by atoms with Crippen LogP contribution in [0.4, 0.5) is 5.69 Å². The Labute approximate surface area is 97.6 Å². The molecular weight excluding hydrogens is 202 g/mol. The molecule has 0 amide bonds. The van der Waals surface area contributed by atoms with Gasteiger partial charge in [0.2, 0.25) is 0 Å². The molecule has 0 fully saturated rings. The summed E-state index contributed by atoms with van der Waals surface area (Å²) in [5.74, 6) is 0.853. The van der Waals surface area contributed by atoms with Crippen molar-refractivity contribution in [2.75, 3.05) is 25.6 Å². The molecule has 0 unspecified atom stereocenters. The van der Waals surface area contributed by atoms with Gasteiger partial charge in [0.25, 0.3) is 0 Å². The number of unbranched alkanes of at least 4 members (excludes halogenated alkanes) is 1. The molecule has 1 aromatic rings. The Morgan fingerprint density at radius 2 is 2.00 bits per heavy atom. The molecule has 0 heterocycles. The molecule has 0 spiro atoms. The summed E-state index contributed by atoms with van der Waals surface area (Å²) in [5, 5.41) is 0. The first-order valence-electron chi connectivity index (χ1n) is 5.80. The Morgan fingerprint density at radius 1 is 1.19 bits per heavy atom. The molecule has 1 aromatic carbocycles. The molecule has 3 nitrogen and oxygen atoms in total. The summed E-state index contributed by atoms with van der Waals surface area (Å²) in [6.45, 7) is 6.17. The lowest BCUT2D eigenvalue weighted by atomic mass is 10.2. The normalized spacial score (nSPS) is 10.4. The molecule has 2 N–H and O–H groups in total. The van der Waals surface area contributed by atoms with E-state index in [1.807, 2.05) is 25.1 Å². The number of hydrogen-bond donors (Lipinski definition) is 1. The van der Waals surface area contributed by atoms with Crippen LogP contribution in [0.15, 0.2) is 18.2 Å². The highest BCUT2D eigenvalue weighted by atomic mass is 16.5. The van der Waals surface area contributed by atoms with Gasteiger partial charge in [-0.1, -0.05) is 13.3 Å². The van der Waals surface area contributed by atoms with Gasteiger partial charge in [0.05, 0.1) is 6.61 Å². The van der Waals surface area contributed by atoms with Crippen LogP contribution in [0, 0.1) is 6.92 Å². The molecule has 1 rings (SSSR count). The van der Waals surface area contributed by atoms with Crippen LogP contribution in [-0.4, -0.2) is 19.8 Å². The van der Waals surface area contributed by atoms with Gasteiger partial charge in [-0.15, -0.1) is 0 Å². The number of benzene rings is 1. The minimum absolute atomic E-state index is 0.590. The van der Waals surface area contributed by atoms with Gasteiger partial charge in [0.15, 0.2) is 0 Å². The highest BCUT2D eigenvalue weighted by molar-refractivity contribution is 5.49. The molecule has 90 valence electrons. The maximum absolute atomic E-state index is 5.72. The second-order valence-electron chi connectivity index (χ2n) is 3.83. The second kappa shape index (κ2) is 7.12. The molecule has 0 radical (unpaired) electrons. The van der Waals surface area contributed by atoms with E-state index < -0.39 is 0 Å². The summed E-state index contributed by atoms with van der Waals surface area (Å²) in [6, 6.07) is 5.69. The standard InChI is InChI=1S/C13H21NO2/c1-3-4-7-15-8-9-16-12-5-6-13(14)11(2)10-12/h5-6,10H,3-4,7-9,14H2,1-2H3. The highest BCUT2D eigenvalue weighted by Gasteiger charge is 1.97. The van der Waals surface area contributed by atoms with Gasteiger partial charge < -0.3 is 15.2 Å². The quantitative estimate of drug-likeness (QED) is 0.571. The van der Waals surface area contributed by atoms with E-state index in [-0.39, 0.29) is 0 Å². The van der Waals surface area contributed by atoms with E-state index in [1.165, 1.54) is 0 Å². The topological polar surface area (TPSA) is 44.5 Å². The third kappa shape index (κ3) is 4.53. The Morgan fingerprint density at radius 3 is 2.69 bits per heavy atom. The van der Waals surface area contributed by atoms with Crippen molar-refractivity contribution in [3.8, 4) is 5.75 Å². The first-order valence-corrected chi connectivity index (χ1v) is 5.80. The zero-order valence-corrected chi connectivity index (χ0v) is 10.2. The highest BCUT2D eigenvalue weighted by Crippen LogP contribution is 2.18. The fourth-order valence-corrected chi connectivity index (χ4v) is 1.30. The van der Waals surface area contributed by atoms with Crippen LogP contribution in [0.5, 0.6) is 5.75 Å². The molecule has 0 atom stereocenters. The molecule has 0 bridgehead atoms. The molecule has 0 aliphatic heterocycles. The predicted molar refractivity (Wildman–Crippen MR) is 66.8 cm³/mol. The Hall–Kier alpha value is -1.22. The molecule has 16 heavy (non-hydrogen) atoms. The van der Waals surface area contributed by atoms with Gasteiger partial charge in [-0.25, -0.2) is 0 Å². The number of anilines is 1. The van der Waals surface area contributed by atoms with Crippen molar-refractivity contribution in [1.29, 1.82) is 0 Å². The smallest absolute Gasteiger partial charge is 0.119 e.